The summed E-state index contributed by atoms with van der Waals surface area (Å²) in [6.07, 6.45) is 0. The zero-order chi connectivity index (χ0) is 34.1. The van der Waals surface area contributed by atoms with Gasteiger partial charge in [-0.1, -0.05) is 39.5 Å². The molecule has 0 aromatic carbocycles. The Morgan fingerprint density at radius 2 is 0.651 bits per heavy atom. The second-order valence-corrected chi connectivity index (χ2v) is 9.50. The average molecular weight is 609 g/mol. The van der Waals surface area contributed by atoms with E-state index in [4.69, 9.17) is 28.4 Å². The molecule has 0 aromatic heterocycles. The third kappa shape index (κ3) is 8.59. The van der Waals surface area contributed by atoms with Crippen LogP contribution in [0.1, 0.15) is 41.5 Å². The van der Waals surface area contributed by atoms with Crippen LogP contribution in [-0.4, -0.2) is 76.6 Å². The molecule has 0 bridgehead atoms. The monoisotopic (exact) mass is 608 g/mol. The van der Waals surface area contributed by atoms with Crippen LogP contribution in [0.4, 0.5) is 0 Å². The molecule has 0 saturated carbocycles. The van der Waals surface area contributed by atoms with Gasteiger partial charge in [-0.15, -0.1) is 0 Å². The molecule has 236 valence electrons. The third-order valence-electron chi connectivity index (χ3n) is 5.05. The van der Waals surface area contributed by atoms with Crippen LogP contribution in [0.2, 0.25) is 0 Å². The predicted octanol–water partition coefficient (Wildman–Crippen LogP) is 1.78. The summed E-state index contributed by atoms with van der Waals surface area (Å²) < 4.78 is 31.8. The number of esters is 6. The summed E-state index contributed by atoms with van der Waals surface area (Å²) in [6.45, 7) is 23.4. The molecule has 0 atom stereocenters. The molecule has 0 saturated heterocycles. The maximum Gasteiger partial charge on any atom is 0.512 e. The molecule has 14 heteroatoms. The highest BCUT2D eigenvalue weighted by molar-refractivity contribution is 5.93. The van der Waals surface area contributed by atoms with Gasteiger partial charge in [-0.2, -0.15) is 0 Å². The lowest BCUT2D eigenvalue weighted by Gasteiger charge is -2.50. The van der Waals surface area contributed by atoms with Crippen LogP contribution in [-0.2, 0) is 57.2 Å². The van der Waals surface area contributed by atoms with Crippen molar-refractivity contribution in [1.29, 1.82) is 0 Å². The number of carbonyl (C=O) groups is 6. The minimum atomic E-state index is -4.01. The van der Waals surface area contributed by atoms with Gasteiger partial charge in [0.05, 0.1) is 13.2 Å². The summed E-state index contributed by atoms with van der Waals surface area (Å²) in [5.41, 5.74) is -6.10. The van der Waals surface area contributed by atoms with Crippen molar-refractivity contribution < 1.29 is 67.4 Å². The number of rotatable bonds is 16. The quantitative estimate of drug-likeness (QED) is 0.111. The predicted molar refractivity (Wildman–Crippen MR) is 148 cm³/mol. The lowest BCUT2D eigenvalue weighted by molar-refractivity contribution is -0.473. The Hall–Kier alpha value is -4.82. The van der Waals surface area contributed by atoms with Gasteiger partial charge in [0.1, 0.15) is 0 Å². The van der Waals surface area contributed by atoms with Crippen molar-refractivity contribution in [1.82, 2.24) is 0 Å². The molecule has 2 N–H and O–H groups in total. The van der Waals surface area contributed by atoms with E-state index in [2.05, 4.69) is 39.5 Å². The molecule has 0 aliphatic rings. The third-order valence-corrected chi connectivity index (χ3v) is 5.05. The zero-order valence-electron chi connectivity index (χ0n) is 25.0. The fourth-order valence-corrected chi connectivity index (χ4v) is 2.59. The lowest BCUT2D eigenvalue weighted by atomic mass is 9.89. The minimum Gasteiger partial charge on any atom is -0.442 e. The van der Waals surface area contributed by atoms with Crippen molar-refractivity contribution in [3.63, 3.8) is 0 Å². The van der Waals surface area contributed by atoms with Gasteiger partial charge >= 0.3 is 47.6 Å². The van der Waals surface area contributed by atoms with Crippen LogP contribution in [0.3, 0.4) is 0 Å². The van der Waals surface area contributed by atoms with Gasteiger partial charge in [0.15, 0.2) is 0 Å². The number of hydrogen-bond acceptors (Lipinski definition) is 14. The summed E-state index contributed by atoms with van der Waals surface area (Å²) in [5, 5.41) is 21.3. The Bertz CT molecular complexity index is 1180. The van der Waals surface area contributed by atoms with Crippen molar-refractivity contribution in [3.05, 3.63) is 72.9 Å². The van der Waals surface area contributed by atoms with Crippen LogP contribution in [0.15, 0.2) is 72.9 Å². The summed E-state index contributed by atoms with van der Waals surface area (Å²) in [4.78, 5) is 78.4. The average Bonchev–Trinajstić information content (AvgIpc) is 2.90. The van der Waals surface area contributed by atoms with E-state index in [1.807, 2.05) is 0 Å². The Balaban J connectivity index is 8.84. The zero-order valence-corrected chi connectivity index (χ0v) is 25.0. The number of carbonyl (C=O) groups excluding carboxylic acids is 6. The maximum atomic E-state index is 13.2. The SMILES string of the molecule is C=C(C)C(=O)OC(CO)(CO)C(OC(=O)C(=C)C)(OC(=O)C(=C)C)C(OC(=O)C(=C)C)(OC(=O)C(=C)C)OC(=O)C(=C)C. The van der Waals surface area contributed by atoms with E-state index in [-0.39, 0.29) is 5.57 Å². The topological polar surface area (TPSA) is 198 Å². The van der Waals surface area contributed by atoms with Crippen molar-refractivity contribution in [2.75, 3.05) is 13.2 Å². The van der Waals surface area contributed by atoms with Crippen LogP contribution >= 0.6 is 0 Å². The van der Waals surface area contributed by atoms with Gasteiger partial charge in [0, 0.05) is 33.4 Å². The summed E-state index contributed by atoms with van der Waals surface area (Å²) >= 11 is 0. The van der Waals surface area contributed by atoms with Gasteiger partial charge in [0.2, 0.25) is 5.60 Å². The maximum absolute atomic E-state index is 13.2. The van der Waals surface area contributed by atoms with Crippen molar-refractivity contribution in [2.45, 2.75) is 58.9 Å². The van der Waals surface area contributed by atoms with Crippen LogP contribution in [0, 0.1) is 0 Å². The van der Waals surface area contributed by atoms with Crippen molar-refractivity contribution in [3.8, 4) is 0 Å². The molecule has 0 aliphatic heterocycles. The highest BCUT2D eigenvalue weighted by atomic mass is 16.9. The van der Waals surface area contributed by atoms with E-state index in [0.717, 1.165) is 41.5 Å². The fraction of sp³-hybridized carbons (Fsp3) is 0.379. The van der Waals surface area contributed by atoms with Gasteiger partial charge in [-0.25, -0.2) is 28.8 Å². The largest absolute Gasteiger partial charge is 0.512 e. The van der Waals surface area contributed by atoms with E-state index in [0.29, 0.717) is 0 Å². The molecule has 0 radical (unpaired) electrons. The van der Waals surface area contributed by atoms with E-state index >= 15 is 0 Å². The number of aliphatic hydroxyl groups excluding tert-OH is 2. The van der Waals surface area contributed by atoms with Gasteiger partial charge in [-0.3, -0.25) is 0 Å². The van der Waals surface area contributed by atoms with Crippen molar-refractivity contribution >= 4 is 35.8 Å². The molecule has 0 spiro atoms. The Labute approximate surface area is 248 Å². The Morgan fingerprint density at radius 3 is 0.860 bits per heavy atom. The van der Waals surface area contributed by atoms with Gasteiger partial charge in [-0.05, 0) is 41.5 Å². The molecule has 0 fully saturated rings. The molecule has 0 aromatic rings. The van der Waals surface area contributed by atoms with E-state index in [9.17, 15) is 39.0 Å². The first-order valence-corrected chi connectivity index (χ1v) is 12.1. The van der Waals surface area contributed by atoms with Gasteiger partial charge in [0.25, 0.3) is 0 Å². The number of hydrogen-bond donors (Lipinski definition) is 2. The smallest absolute Gasteiger partial charge is 0.442 e. The first-order valence-electron chi connectivity index (χ1n) is 12.1. The lowest BCUT2D eigenvalue weighted by Crippen LogP contribution is -2.78. The standard InChI is InChI=1S/C29H36O14/c1-15(2)21(32)38-27(13-30,14-31)28(39-22(33)16(3)4,40-23(34)17(5)6)29(41-24(35)18(7)8,42-25(36)19(9)10)43-26(37)20(11)12/h30-31H,1,3,5,7,9,11,13-14H2,2,4,6,8,10,12H3. The van der Waals surface area contributed by atoms with Crippen LogP contribution in [0.5, 0.6) is 0 Å². The summed E-state index contributed by atoms with van der Waals surface area (Å²) in [7, 11) is 0. The molecule has 0 unspecified atom stereocenters. The molecule has 0 aliphatic carbocycles. The molecule has 0 heterocycles. The number of ether oxygens (including phenoxy) is 6. The normalized spacial score (nSPS) is 11.2. The summed E-state index contributed by atoms with van der Waals surface area (Å²) in [5.74, 6) is -17.2. The minimum absolute atomic E-state index is 0.389. The highest BCUT2D eigenvalue weighted by Crippen LogP contribution is 2.47. The molecule has 43 heavy (non-hydrogen) atoms. The van der Waals surface area contributed by atoms with E-state index in [1.54, 1.807) is 0 Å². The van der Waals surface area contributed by atoms with E-state index in [1.165, 1.54) is 0 Å². The number of aliphatic hydroxyl groups is 2. The molecular formula is C29H36O14. The Morgan fingerprint density at radius 1 is 0.442 bits per heavy atom. The molecule has 14 nitrogen and oxygen atoms in total. The summed E-state index contributed by atoms with van der Waals surface area (Å²) in [6, 6.07) is 0. The fourth-order valence-electron chi connectivity index (χ4n) is 2.59. The first kappa shape index (κ1) is 38.2. The molecular weight excluding hydrogens is 572 g/mol. The van der Waals surface area contributed by atoms with Crippen LogP contribution < -0.4 is 0 Å². The highest BCUT2D eigenvalue weighted by Gasteiger charge is 2.81. The molecule has 0 amide bonds. The van der Waals surface area contributed by atoms with Crippen molar-refractivity contribution in [2.24, 2.45) is 0 Å². The first-order chi connectivity index (χ1) is 19.6. The second kappa shape index (κ2) is 14.9. The van der Waals surface area contributed by atoms with Crippen LogP contribution in [0.25, 0.3) is 0 Å². The second-order valence-electron chi connectivity index (χ2n) is 9.50. The molecule has 0 rings (SSSR count). The van der Waals surface area contributed by atoms with Gasteiger partial charge < -0.3 is 38.6 Å². The Kier molecular flexibility index (Phi) is 13.2. The van der Waals surface area contributed by atoms with E-state index < -0.39 is 94.3 Å².